The molecule has 0 radical (unpaired) electrons. The Hall–Kier alpha value is -2.04. The molecule has 1 fully saturated rings. The van der Waals surface area contributed by atoms with Gasteiger partial charge >= 0.3 is 0 Å². The highest BCUT2D eigenvalue weighted by atomic mass is 16.2. The molecule has 0 spiro atoms. The number of hydrogen-bond acceptors (Lipinski definition) is 3. The number of anilines is 1. The molecule has 1 saturated heterocycles. The molecule has 2 atom stereocenters. The van der Waals surface area contributed by atoms with Crippen LogP contribution in [0.4, 0.5) is 5.69 Å². The van der Waals surface area contributed by atoms with E-state index in [9.17, 15) is 9.59 Å². The second-order valence-corrected chi connectivity index (χ2v) is 6.97. The summed E-state index contributed by atoms with van der Waals surface area (Å²) in [6.07, 6.45) is 2.86. The number of para-hydroxylation sites is 1. The highest BCUT2D eigenvalue weighted by Crippen LogP contribution is 2.29. The van der Waals surface area contributed by atoms with Crippen LogP contribution >= 0.6 is 0 Å². The summed E-state index contributed by atoms with van der Waals surface area (Å²) in [7, 11) is 0. The van der Waals surface area contributed by atoms with Crippen LogP contribution in [0, 0.1) is 5.92 Å². The Morgan fingerprint density at radius 1 is 1.29 bits per heavy atom. The number of likely N-dealkylation sites (tertiary alicyclic amines) is 1. The van der Waals surface area contributed by atoms with Crippen molar-refractivity contribution in [1.29, 1.82) is 0 Å². The highest BCUT2D eigenvalue weighted by molar-refractivity contribution is 5.80. The number of carbonyl (C=O) groups is 2. The van der Waals surface area contributed by atoms with Crippen molar-refractivity contribution in [3.05, 3.63) is 29.8 Å². The van der Waals surface area contributed by atoms with Gasteiger partial charge in [0.25, 0.3) is 0 Å². The van der Waals surface area contributed by atoms with E-state index in [1.165, 1.54) is 11.3 Å². The number of rotatable bonds is 4. The predicted octanol–water partition coefficient (Wildman–Crippen LogP) is 1.81. The van der Waals surface area contributed by atoms with Gasteiger partial charge in [0.15, 0.2) is 0 Å². The van der Waals surface area contributed by atoms with Crippen LogP contribution in [0.5, 0.6) is 0 Å². The molecular formula is C19H27N3O2. The van der Waals surface area contributed by atoms with Gasteiger partial charge in [-0.2, -0.15) is 0 Å². The largest absolute Gasteiger partial charge is 0.366 e. The monoisotopic (exact) mass is 329 g/mol. The molecule has 5 nitrogen and oxygen atoms in total. The van der Waals surface area contributed by atoms with Crippen molar-refractivity contribution >= 4 is 17.5 Å². The van der Waals surface area contributed by atoms with Gasteiger partial charge in [-0.1, -0.05) is 18.2 Å². The average Bonchev–Trinajstić information content (AvgIpc) is 3.03. The Morgan fingerprint density at radius 2 is 2.08 bits per heavy atom. The van der Waals surface area contributed by atoms with Crippen LogP contribution in [0.1, 0.15) is 32.3 Å². The second kappa shape index (κ2) is 7.24. The number of hydrogen-bond donors (Lipinski definition) is 1. The standard InChI is InChI=1S/C19H27N3O2/c1-14(22-11-9-16-6-3-4-8-18(16)22)12-20-19(24)17-7-5-10-21(13-17)15(2)23/h3-4,6,8,14,17H,5,7,9-13H2,1-2H3,(H,20,24). The summed E-state index contributed by atoms with van der Waals surface area (Å²) < 4.78 is 0. The SMILES string of the molecule is CC(=O)N1CCCC(C(=O)NCC(C)N2CCc3ccccc32)C1. The van der Waals surface area contributed by atoms with Gasteiger partial charge in [-0.3, -0.25) is 9.59 Å². The fraction of sp³-hybridized carbons (Fsp3) is 0.579. The lowest BCUT2D eigenvalue weighted by molar-refractivity contribution is -0.133. The van der Waals surface area contributed by atoms with Gasteiger partial charge in [-0.15, -0.1) is 0 Å². The first-order chi connectivity index (χ1) is 11.6. The number of amides is 2. The Morgan fingerprint density at radius 3 is 2.88 bits per heavy atom. The molecule has 130 valence electrons. The maximum Gasteiger partial charge on any atom is 0.224 e. The molecule has 1 aromatic carbocycles. The number of fused-ring (bicyclic) bond motifs is 1. The molecule has 24 heavy (non-hydrogen) atoms. The molecule has 3 rings (SSSR count). The molecule has 0 aromatic heterocycles. The van der Waals surface area contributed by atoms with E-state index >= 15 is 0 Å². The zero-order valence-corrected chi connectivity index (χ0v) is 14.6. The Labute approximate surface area is 144 Å². The smallest absolute Gasteiger partial charge is 0.224 e. The lowest BCUT2D eigenvalue weighted by Crippen LogP contribution is -2.47. The summed E-state index contributed by atoms with van der Waals surface area (Å²) in [4.78, 5) is 28.1. The van der Waals surface area contributed by atoms with E-state index in [4.69, 9.17) is 0 Å². The summed E-state index contributed by atoms with van der Waals surface area (Å²) in [6, 6.07) is 8.76. The van der Waals surface area contributed by atoms with Crippen LogP contribution < -0.4 is 10.2 Å². The summed E-state index contributed by atoms with van der Waals surface area (Å²) in [5, 5.41) is 3.10. The zero-order valence-electron chi connectivity index (χ0n) is 14.6. The minimum Gasteiger partial charge on any atom is -0.366 e. The van der Waals surface area contributed by atoms with E-state index in [0.717, 1.165) is 32.4 Å². The van der Waals surface area contributed by atoms with E-state index in [1.807, 2.05) is 0 Å². The lowest BCUT2D eigenvalue weighted by atomic mass is 9.97. The number of carbonyl (C=O) groups excluding carboxylic acids is 2. The van der Waals surface area contributed by atoms with Crippen molar-refractivity contribution in [3.8, 4) is 0 Å². The van der Waals surface area contributed by atoms with Crippen LogP contribution in [0.3, 0.4) is 0 Å². The molecule has 0 bridgehead atoms. The fourth-order valence-electron chi connectivity index (χ4n) is 3.80. The van der Waals surface area contributed by atoms with E-state index in [1.54, 1.807) is 11.8 Å². The minimum absolute atomic E-state index is 0.0644. The summed E-state index contributed by atoms with van der Waals surface area (Å²) in [6.45, 7) is 6.72. The van der Waals surface area contributed by atoms with E-state index < -0.39 is 0 Å². The van der Waals surface area contributed by atoms with Crippen molar-refractivity contribution in [3.63, 3.8) is 0 Å². The van der Waals surface area contributed by atoms with Gasteiger partial charge in [0, 0.05) is 44.8 Å². The molecule has 2 aliphatic rings. The summed E-state index contributed by atoms with van der Waals surface area (Å²) >= 11 is 0. The molecular weight excluding hydrogens is 302 g/mol. The molecule has 2 aliphatic heterocycles. The maximum atomic E-state index is 12.5. The summed E-state index contributed by atoms with van der Waals surface area (Å²) in [5.74, 6) is 0.0792. The third kappa shape index (κ3) is 3.55. The van der Waals surface area contributed by atoms with Crippen molar-refractivity contribution in [1.82, 2.24) is 10.2 Å². The third-order valence-electron chi connectivity index (χ3n) is 5.26. The van der Waals surface area contributed by atoms with E-state index in [2.05, 4.69) is 41.4 Å². The van der Waals surface area contributed by atoms with Gasteiger partial charge < -0.3 is 15.1 Å². The zero-order chi connectivity index (χ0) is 17.1. The molecule has 0 aliphatic carbocycles. The highest BCUT2D eigenvalue weighted by Gasteiger charge is 2.28. The Bertz CT molecular complexity index is 616. The van der Waals surface area contributed by atoms with Crippen molar-refractivity contribution in [2.24, 2.45) is 5.92 Å². The molecule has 1 N–H and O–H groups in total. The second-order valence-electron chi connectivity index (χ2n) is 6.97. The van der Waals surface area contributed by atoms with Crippen LogP contribution in [-0.4, -0.2) is 48.9 Å². The fourth-order valence-corrected chi connectivity index (χ4v) is 3.80. The molecule has 0 saturated carbocycles. The van der Waals surface area contributed by atoms with Crippen LogP contribution in [0.25, 0.3) is 0 Å². The van der Waals surface area contributed by atoms with Crippen molar-refractivity contribution in [2.75, 3.05) is 31.1 Å². The van der Waals surface area contributed by atoms with Crippen LogP contribution in [0.15, 0.2) is 24.3 Å². The van der Waals surface area contributed by atoms with Crippen LogP contribution in [-0.2, 0) is 16.0 Å². The Kier molecular flexibility index (Phi) is 5.07. The van der Waals surface area contributed by atoms with Gasteiger partial charge in [-0.05, 0) is 37.8 Å². The van der Waals surface area contributed by atoms with Gasteiger partial charge in [0.1, 0.15) is 0 Å². The van der Waals surface area contributed by atoms with Crippen molar-refractivity contribution in [2.45, 2.75) is 39.2 Å². The third-order valence-corrected chi connectivity index (χ3v) is 5.26. The van der Waals surface area contributed by atoms with E-state index in [-0.39, 0.29) is 23.8 Å². The maximum absolute atomic E-state index is 12.5. The number of nitrogens with one attached hydrogen (secondary N) is 1. The normalized spacial score (nSPS) is 21.3. The molecule has 5 heteroatoms. The first-order valence-corrected chi connectivity index (χ1v) is 8.94. The average molecular weight is 329 g/mol. The Balaban J connectivity index is 1.52. The number of benzene rings is 1. The first kappa shape index (κ1) is 16.8. The summed E-state index contributed by atoms with van der Waals surface area (Å²) in [5.41, 5.74) is 2.68. The van der Waals surface area contributed by atoms with Gasteiger partial charge in [0.2, 0.25) is 11.8 Å². The molecule has 2 amide bonds. The molecule has 2 heterocycles. The molecule has 1 aromatic rings. The first-order valence-electron chi connectivity index (χ1n) is 8.94. The van der Waals surface area contributed by atoms with Gasteiger partial charge in [-0.25, -0.2) is 0 Å². The number of piperidine rings is 1. The van der Waals surface area contributed by atoms with Crippen LogP contribution in [0.2, 0.25) is 0 Å². The van der Waals surface area contributed by atoms with E-state index in [0.29, 0.717) is 13.1 Å². The quantitative estimate of drug-likeness (QED) is 0.917. The topological polar surface area (TPSA) is 52.7 Å². The number of nitrogens with zero attached hydrogens (tertiary/aromatic N) is 2. The van der Waals surface area contributed by atoms with Crippen molar-refractivity contribution < 1.29 is 9.59 Å². The predicted molar refractivity (Wildman–Crippen MR) is 94.9 cm³/mol. The minimum atomic E-state index is -0.0688. The lowest BCUT2D eigenvalue weighted by Gasteiger charge is -2.32. The van der Waals surface area contributed by atoms with Gasteiger partial charge in [0.05, 0.1) is 5.92 Å². The molecule has 2 unspecified atom stereocenters.